The second-order valence-corrected chi connectivity index (χ2v) is 7.54. The summed E-state index contributed by atoms with van der Waals surface area (Å²) in [5.74, 6) is 0.492. The summed E-state index contributed by atoms with van der Waals surface area (Å²) in [5, 5.41) is 9.63. The van der Waals surface area contributed by atoms with Gasteiger partial charge in [-0.15, -0.1) is 0 Å². The summed E-state index contributed by atoms with van der Waals surface area (Å²) in [6.07, 6.45) is 1.68. The summed E-state index contributed by atoms with van der Waals surface area (Å²) in [4.78, 5) is 35.0. The number of ketones is 1. The molecule has 0 aliphatic carbocycles. The Bertz CT molecular complexity index is 1180. The molecule has 9 heteroatoms. The molecule has 4 rings (SSSR count). The number of likely N-dealkylation sites (N-methyl/N-ethyl adjacent to an activating group) is 1. The van der Waals surface area contributed by atoms with Crippen LogP contribution >= 0.6 is 0 Å². The van der Waals surface area contributed by atoms with Gasteiger partial charge in [0.25, 0.3) is 11.7 Å². The summed E-state index contributed by atoms with van der Waals surface area (Å²) >= 11 is 0. The first-order chi connectivity index (χ1) is 15.4. The second-order valence-electron chi connectivity index (χ2n) is 7.54. The maximum atomic E-state index is 12.6. The Balaban J connectivity index is 1.58. The van der Waals surface area contributed by atoms with Gasteiger partial charge in [0, 0.05) is 44.2 Å². The molecule has 2 heterocycles. The van der Waals surface area contributed by atoms with Crippen LogP contribution in [0.5, 0.6) is 5.75 Å². The molecule has 32 heavy (non-hydrogen) atoms. The molecule has 0 atom stereocenters. The number of nitrogens with zero attached hydrogens (tertiary/aromatic N) is 3. The smallest absolute Gasteiger partial charge is 0.294 e. The van der Waals surface area contributed by atoms with Crippen molar-refractivity contribution in [3.05, 3.63) is 59.8 Å². The van der Waals surface area contributed by atoms with E-state index in [1.165, 1.54) is 4.90 Å². The van der Waals surface area contributed by atoms with Gasteiger partial charge in [0.05, 0.1) is 16.9 Å². The maximum absolute atomic E-state index is 12.6. The fraction of sp³-hybridized carbons (Fsp3) is 0.217. The number of carbonyl (C=O) groups excluding carboxylic acids is 2. The molecule has 0 bridgehead atoms. The van der Waals surface area contributed by atoms with Crippen LogP contribution in [0.3, 0.4) is 0 Å². The third-order valence-electron chi connectivity index (χ3n) is 4.91. The number of Topliss-reactive ketones (excluding diaryl/α,β-unsaturated/α-hetero) is 1. The van der Waals surface area contributed by atoms with Gasteiger partial charge in [-0.25, -0.2) is 4.98 Å². The molecule has 3 N–H and O–H groups in total. The van der Waals surface area contributed by atoms with Crippen molar-refractivity contribution in [2.75, 3.05) is 43.2 Å². The van der Waals surface area contributed by atoms with Crippen LogP contribution in [0.25, 0.3) is 0 Å². The van der Waals surface area contributed by atoms with Crippen LogP contribution in [0.2, 0.25) is 0 Å². The summed E-state index contributed by atoms with van der Waals surface area (Å²) in [7, 11) is 3.09. The van der Waals surface area contributed by atoms with Crippen LogP contribution in [-0.2, 0) is 4.79 Å². The van der Waals surface area contributed by atoms with Crippen LogP contribution in [0.15, 0.2) is 48.7 Å². The lowest BCUT2D eigenvalue weighted by Crippen LogP contribution is -2.30. The SMILES string of the molecule is Cc1cnc(Nc2ccc3c(c2)OCCN3)nc1Nc1ccccc1C(=O)C(=O)N(C)C. The minimum atomic E-state index is -0.592. The lowest BCUT2D eigenvalue weighted by atomic mass is 10.1. The Labute approximate surface area is 185 Å². The molecule has 1 aromatic heterocycles. The quantitative estimate of drug-likeness (QED) is 0.402. The van der Waals surface area contributed by atoms with Gasteiger partial charge in [0.2, 0.25) is 5.95 Å². The van der Waals surface area contributed by atoms with Crippen LogP contribution in [-0.4, -0.2) is 53.8 Å². The number of hydrogen-bond donors (Lipinski definition) is 3. The Morgan fingerprint density at radius 1 is 1.12 bits per heavy atom. The molecule has 0 radical (unpaired) electrons. The number of amides is 1. The molecule has 1 aliphatic heterocycles. The highest BCUT2D eigenvalue weighted by Crippen LogP contribution is 2.31. The van der Waals surface area contributed by atoms with Crippen molar-refractivity contribution in [1.82, 2.24) is 14.9 Å². The van der Waals surface area contributed by atoms with E-state index in [-0.39, 0.29) is 5.56 Å². The summed E-state index contributed by atoms with van der Waals surface area (Å²) in [6, 6.07) is 12.6. The average Bonchev–Trinajstić information content (AvgIpc) is 2.80. The molecule has 0 unspecified atom stereocenters. The van der Waals surface area contributed by atoms with E-state index >= 15 is 0 Å². The summed E-state index contributed by atoms with van der Waals surface area (Å²) in [5.41, 5.74) is 3.29. The first-order valence-corrected chi connectivity index (χ1v) is 10.2. The lowest BCUT2D eigenvalue weighted by Gasteiger charge is -2.20. The Morgan fingerprint density at radius 2 is 1.94 bits per heavy atom. The number of carbonyl (C=O) groups is 2. The normalized spacial score (nSPS) is 12.1. The third kappa shape index (κ3) is 4.46. The van der Waals surface area contributed by atoms with Crippen molar-refractivity contribution < 1.29 is 14.3 Å². The average molecular weight is 432 g/mol. The largest absolute Gasteiger partial charge is 0.490 e. The number of aryl methyl sites for hydroxylation is 1. The highest BCUT2D eigenvalue weighted by Gasteiger charge is 2.21. The molecule has 0 saturated heterocycles. The third-order valence-corrected chi connectivity index (χ3v) is 4.91. The Morgan fingerprint density at radius 3 is 2.75 bits per heavy atom. The first-order valence-electron chi connectivity index (χ1n) is 10.2. The van der Waals surface area contributed by atoms with E-state index < -0.39 is 11.7 Å². The predicted octanol–water partition coefficient (Wildman–Crippen LogP) is 3.35. The van der Waals surface area contributed by atoms with Crippen molar-refractivity contribution >= 4 is 40.5 Å². The van der Waals surface area contributed by atoms with Crippen LogP contribution in [0, 0.1) is 6.92 Å². The van der Waals surface area contributed by atoms with Crippen LogP contribution in [0.1, 0.15) is 15.9 Å². The van der Waals surface area contributed by atoms with E-state index in [9.17, 15) is 9.59 Å². The second kappa shape index (κ2) is 8.93. The number of nitrogens with one attached hydrogen (secondary N) is 3. The van der Waals surface area contributed by atoms with E-state index in [1.807, 2.05) is 25.1 Å². The van der Waals surface area contributed by atoms with Gasteiger partial charge < -0.3 is 25.6 Å². The van der Waals surface area contributed by atoms with Crippen molar-refractivity contribution in [2.45, 2.75) is 6.92 Å². The van der Waals surface area contributed by atoms with E-state index in [2.05, 4.69) is 25.9 Å². The molecular formula is C23H24N6O3. The van der Waals surface area contributed by atoms with Gasteiger partial charge in [-0.3, -0.25) is 9.59 Å². The fourth-order valence-corrected chi connectivity index (χ4v) is 3.21. The molecule has 0 saturated carbocycles. The molecule has 0 spiro atoms. The first kappa shape index (κ1) is 21.1. The molecular weight excluding hydrogens is 408 g/mol. The molecule has 1 amide bonds. The van der Waals surface area contributed by atoms with Gasteiger partial charge in [-0.1, -0.05) is 12.1 Å². The number of fused-ring (bicyclic) bond motifs is 1. The predicted molar refractivity (Wildman–Crippen MR) is 123 cm³/mol. The van der Waals surface area contributed by atoms with E-state index in [4.69, 9.17) is 4.74 Å². The highest BCUT2D eigenvalue weighted by atomic mass is 16.5. The summed E-state index contributed by atoms with van der Waals surface area (Å²) in [6.45, 7) is 3.25. The van der Waals surface area contributed by atoms with Crippen molar-refractivity contribution in [3.8, 4) is 5.75 Å². The number of ether oxygens (including phenoxy) is 1. The Hall–Kier alpha value is -4.14. The number of rotatable bonds is 6. The Kier molecular flexibility index (Phi) is 5.89. The monoisotopic (exact) mass is 432 g/mol. The van der Waals surface area contributed by atoms with E-state index in [0.29, 0.717) is 24.1 Å². The number of aromatic nitrogens is 2. The zero-order valence-electron chi connectivity index (χ0n) is 18.1. The minimum Gasteiger partial charge on any atom is -0.490 e. The van der Waals surface area contributed by atoms with Crippen molar-refractivity contribution in [1.29, 1.82) is 0 Å². The van der Waals surface area contributed by atoms with Gasteiger partial charge in [0.15, 0.2) is 0 Å². The standard InChI is InChI=1S/C23H24N6O3/c1-14-13-25-23(26-15-8-9-18-19(12-15)32-11-10-24-18)28-21(14)27-17-7-5-4-6-16(17)20(30)22(31)29(2)3/h4-9,12-13,24H,10-11H2,1-3H3,(H2,25,26,27,28). The molecule has 0 fully saturated rings. The number of hydrogen-bond acceptors (Lipinski definition) is 8. The van der Waals surface area contributed by atoms with Crippen molar-refractivity contribution in [2.24, 2.45) is 0 Å². The number of anilines is 5. The number of benzene rings is 2. The maximum Gasteiger partial charge on any atom is 0.294 e. The van der Waals surface area contributed by atoms with Crippen LogP contribution in [0.4, 0.5) is 28.8 Å². The molecule has 164 valence electrons. The van der Waals surface area contributed by atoms with Crippen molar-refractivity contribution in [3.63, 3.8) is 0 Å². The molecule has 2 aromatic carbocycles. The zero-order chi connectivity index (χ0) is 22.7. The van der Waals surface area contributed by atoms with E-state index in [1.54, 1.807) is 44.6 Å². The molecule has 3 aromatic rings. The number of para-hydroxylation sites is 1. The van der Waals surface area contributed by atoms with Gasteiger partial charge in [-0.05, 0) is 31.2 Å². The van der Waals surface area contributed by atoms with Gasteiger partial charge in [0.1, 0.15) is 18.2 Å². The summed E-state index contributed by atoms with van der Waals surface area (Å²) < 4.78 is 5.68. The minimum absolute atomic E-state index is 0.276. The van der Waals surface area contributed by atoms with Gasteiger partial charge >= 0.3 is 0 Å². The molecule has 9 nitrogen and oxygen atoms in total. The topological polar surface area (TPSA) is 108 Å². The van der Waals surface area contributed by atoms with Crippen LogP contribution < -0.4 is 20.7 Å². The van der Waals surface area contributed by atoms with E-state index in [0.717, 1.165) is 29.2 Å². The molecule has 1 aliphatic rings. The zero-order valence-corrected chi connectivity index (χ0v) is 18.1. The van der Waals surface area contributed by atoms with Gasteiger partial charge in [-0.2, -0.15) is 4.98 Å². The lowest BCUT2D eigenvalue weighted by molar-refractivity contribution is -0.124. The fourth-order valence-electron chi connectivity index (χ4n) is 3.21. The highest BCUT2D eigenvalue weighted by molar-refractivity contribution is 6.43.